The van der Waals surface area contributed by atoms with Crippen molar-refractivity contribution < 1.29 is 14.3 Å². The first kappa shape index (κ1) is 20.1. The Balaban J connectivity index is 1.36. The highest BCUT2D eigenvalue weighted by molar-refractivity contribution is 5.72. The van der Waals surface area contributed by atoms with E-state index in [4.69, 9.17) is 14.3 Å². The highest BCUT2D eigenvalue weighted by Crippen LogP contribution is 2.26. The number of benzene rings is 1. The van der Waals surface area contributed by atoms with E-state index in [1.807, 2.05) is 30.3 Å². The fourth-order valence-corrected chi connectivity index (χ4v) is 3.58. The lowest BCUT2D eigenvalue weighted by molar-refractivity contribution is -0.0107. The lowest BCUT2D eigenvalue weighted by Gasteiger charge is -2.25. The number of hydrogen-bond acceptors (Lipinski definition) is 8. The van der Waals surface area contributed by atoms with E-state index in [1.165, 1.54) is 17.9 Å². The molecule has 9 nitrogen and oxygen atoms in total. The molecule has 1 unspecified atom stereocenters. The lowest BCUT2D eigenvalue weighted by Crippen LogP contribution is -2.39. The average Bonchev–Trinajstić information content (AvgIpc) is 2.84. The molecular formula is C23H21N5O4. The average molecular weight is 431 g/mol. The predicted octanol–water partition coefficient (Wildman–Crippen LogP) is 2.21. The maximum Gasteiger partial charge on any atom is 0.275 e. The van der Waals surface area contributed by atoms with E-state index in [0.29, 0.717) is 48.1 Å². The molecule has 1 atom stereocenters. The molecular weight excluding hydrogens is 410 g/mol. The minimum atomic E-state index is -0.315. The Morgan fingerprint density at radius 2 is 2.03 bits per heavy atom. The third kappa shape index (κ3) is 4.03. The second-order valence-corrected chi connectivity index (χ2v) is 7.37. The molecule has 0 aliphatic carbocycles. The van der Waals surface area contributed by atoms with Gasteiger partial charge < -0.3 is 9.47 Å². The van der Waals surface area contributed by atoms with Gasteiger partial charge in [0.25, 0.3) is 5.56 Å². The lowest BCUT2D eigenvalue weighted by atomic mass is 10.1. The number of fused-ring (bicyclic) bond motifs is 2. The second-order valence-electron chi connectivity index (χ2n) is 7.37. The van der Waals surface area contributed by atoms with E-state index in [9.17, 15) is 4.79 Å². The van der Waals surface area contributed by atoms with Crippen LogP contribution in [0.3, 0.4) is 0 Å². The van der Waals surface area contributed by atoms with Gasteiger partial charge in [0.2, 0.25) is 5.88 Å². The molecule has 32 heavy (non-hydrogen) atoms. The fourth-order valence-electron chi connectivity index (χ4n) is 3.58. The van der Waals surface area contributed by atoms with Crippen molar-refractivity contribution in [2.24, 2.45) is 0 Å². The van der Waals surface area contributed by atoms with E-state index in [0.717, 1.165) is 11.3 Å². The van der Waals surface area contributed by atoms with Crippen molar-refractivity contribution in [1.29, 1.82) is 0 Å². The summed E-state index contributed by atoms with van der Waals surface area (Å²) in [5.41, 5.74) is 6.12. The first-order valence-corrected chi connectivity index (χ1v) is 10.2. The smallest absolute Gasteiger partial charge is 0.275 e. The highest BCUT2D eigenvalue weighted by Gasteiger charge is 2.22. The zero-order chi connectivity index (χ0) is 21.9. The quantitative estimate of drug-likeness (QED) is 0.464. The van der Waals surface area contributed by atoms with E-state index >= 15 is 0 Å². The number of methoxy groups -OCH3 is 1. The number of aromatic nitrogens is 4. The molecule has 3 aromatic heterocycles. The molecule has 0 amide bonds. The fraction of sp³-hybridized carbons (Fsp3) is 0.217. The van der Waals surface area contributed by atoms with Crippen LogP contribution >= 0.6 is 0 Å². The third-order valence-electron chi connectivity index (χ3n) is 5.17. The van der Waals surface area contributed by atoms with Crippen LogP contribution in [0.25, 0.3) is 16.9 Å². The van der Waals surface area contributed by atoms with Crippen molar-refractivity contribution in [1.82, 2.24) is 25.0 Å². The molecule has 0 saturated heterocycles. The van der Waals surface area contributed by atoms with Crippen molar-refractivity contribution in [3.63, 3.8) is 0 Å². The second kappa shape index (κ2) is 8.74. The summed E-state index contributed by atoms with van der Waals surface area (Å²) in [6, 6.07) is 15.2. The maximum atomic E-state index is 12.6. The van der Waals surface area contributed by atoms with Crippen LogP contribution in [-0.2, 0) is 17.9 Å². The molecule has 1 aliphatic rings. The summed E-state index contributed by atoms with van der Waals surface area (Å²) < 4.78 is 12.6. The monoisotopic (exact) mass is 431 g/mol. The van der Waals surface area contributed by atoms with Crippen molar-refractivity contribution in [2.45, 2.75) is 19.1 Å². The van der Waals surface area contributed by atoms with Crippen LogP contribution in [0.1, 0.15) is 11.3 Å². The van der Waals surface area contributed by atoms with E-state index in [2.05, 4.69) is 20.4 Å². The highest BCUT2D eigenvalue weighted by atomic mass is 16.6. The van der Waals surface area contributed by atoms with Gasteiger partial charge in [0.1, 0.15) is 17.9 Å². The summed E-state index contributed by atoms with van der Waals surface area (Å²) >= 11 is 0. The topological polar surface area (TPSA) is 100 Å². The van der Waals surface area contributed by atoms with Crippen LogP contribution in [0.4, 0.5) is 0 Å². The zero-order valence-electron chi connectivity index (χ0n) is 17.4. The molecule has 4 aromatic rings. The first-order chi connectivity index (χ1) is 15.7. The van der Waals surface area contributed by atoms with Gasteiger partial charge in [-0.15, -0.1) is 0 Å². The molecule has 4 heterocycles. The van der Waals surface area contributed by atoms with Crippen LogP contribution in [0.15, 0.2) is 65.7 Å². The van der Waals surface area contributed by atoms with Crippen LogP contribution in [0.2, 0.25) is 0 Å². The first-order valence-electron chi connectivity index (χ1n) is 10.2. The summed E-state index contributed by atoms with van der Waals surface area (Å²) in [5, 5.41) is 0. The van der Waals surface area contributed by atoms with Crippen molar-refractivity contribution in [3.05, 3.63) is 82.5 Å². The summed E-state index contributed by atoms with van der Waals surface area (Å²) in [4.78, 5) is 31.3. The third-order valence-corrected chi connectivity index (χ3v) is 5.17. The zero-order valence-corrected chi connectivity index (χ0v) is 17.4. The largest absolute Gasteiger partial charge is 0.490 e. The molecule has 0 radical (unpaired) electrons. The Morgan fingerprint density at radius 1 is 1.16 bits per heavy atom. The Morgan fingerprint density at radius 3 is 2.88 bits per heavy atom. The molecule has 1 aromatic carbocycles. The SMILES string of the molecule is COc1ccc2ncc(=O)n(-c3cnc4c(c3)OCC(NOCc3ccccc3)C4)c2n1. The summed E-state index contributed by atoms with van der Waals surface area (Å²) in [6.45, 7) is 0.885. The number of hydrogen-bond donors (Lipinski definition) is 1. The van der Waals surface area contributed by atoms with E-state index in [1.54, 1.807) is 24.4 Å². The summed E-state index contributed by atoms with van der Waals surface area (Å²) in [6.07, 6.45) is 3.54. The molecule has 5 rings (SSSR count). The summed E-state index contributed by atoms with van der Waals surface area (Å²) in [7, 11) is 1.52. The van der Waals surface area contributed by atoms with Gasteiger partial charge in [-0.1, -0.05) is 30.3 Å². The number of pyridine rings is 2. The van der Waals surface area contributed by atoms with Crippen LogP contribution in [-0.4, -0.2) is 39.3 Å². The number of nitrogens with zero attached hydrogens (tertiary/aromatic N) is 4. The van der Waals surface area contributed by atoms with Crippen LogP contribution < -0.4 is 20.5 Å². The van der Waals surface area contributed by atoms with Crippen LogP contribution in [0.5, 0.6) is 11.6 Å². The minimum Gasteiger partial charge on any atom is -0.490 e. The minimum absolute atomic E-state index is 0.0278. The van der Waals surface area contributed by atoms with Gasteiger partial charge in [0, 0.05) is 18.6 Å². The Hall–Kier alpha value is -3.82. The van der Waals surface area contributed by atoms with Crippen LogP contribution in [0, 0.1) is 0 Å². The van der Waals surface area contributed by atoms with Gasteiger partial charge in [-0.2, -0.15) is 10.5 Å². The molecule has 0 bridgehead atoms. The standard InChI is InChI=1S/C23H21N5O4/c1-30-21-8-7-18-23(26-21)28(22(29)12-25-18)17-10-20-19(24-11-17)9-16(14-31-20)27-32-13-15-5-3-2-4-6-15/h2-8,10-12,16,27H,9,13-14H2,1H3. The Kier molecular flexibility index (Phi) is 5.49. The molecule has 162 valence electrons. The Bertz CT molecular complexity index is 1310. The van der Waals surface area contributed by atoms with E-state index in [-0.39, 0.29) is 11.6 Å². The van der Waals surface area contributed by atoms with Crippen molar-refractivity contribution >= 4 is 11.2 Å². The van der Waals surface area contributed by atoms with Gasteiger partial charge in [-0.25, -0.2) is 4.98 Å². The number of ether oxygens (including phenoxy) is 2. The normalized spacial score (nSPS) is 15.2. The number of rotatable bonds is 6. The molecule has 0 saturated carbocycles. The van der Waals surface area contributed by atoms with E-state index < -0.39 is 0 Å². The van der Waals surface area contributed by atoms with Gasteiger partial charge in [0.05, 0.1) is 43.5 Å². The predicted molar refractivity (Wildman–Crippen MR) is 117 cm³/mol. The van der Waals surface area contributed by atoms with Gasteiger partial charge in [0.15, 0.2) is 5.65 Å². The molecule has 0 spiro atoms. The molecule has 9 heteroatoms. The van der Waals surface area contributed by atoms with Gasteiger partial charge in [-0.05, 0) is 11.6 Å². The van der Waals surface area contributed by atoms with Gasteiger partial charge in [-0.3, -0.25) is 19.2 Å². The molecule has 1 N–H and O–H groups in total. The Labute approximate surface area is 183 Å². The maximum absolute atomic E-state index is 12.6. The number of hydroxylamine groups is 1. The molecule has 0 fully saturated rings. The number of nitrogens with one attached hydrogen (secondary N) is 1. The van der Waals surface area contributed by atoms with Gasteiger partial charge >= 0.3 is 0 Å². The van der Waals surface area contributed by atoms with Crippen molar-refractivity contribution in [2.75, 3.05) is 13.7 Å². The van der Waals surface area contributed by atoms with Crippen molar-refractivity contribution in [3.8, 4) is 17.3 Å². The summed E-state index contributed by atoms with van der Waals surface area (Å²) in [5.74, 6) is 1.02. The molecule has 1 aliphatic heterocycles.